The predicted molar refractivity (Wildman–Crippen MR) is 91.3 cm³/mol. The first-order valence-electron chi connectivity index (χ1n) is 8.35. The number of rotatable bonds is 7. The lowest BCUT2D eigenvalue weighted by Crippen LogP contribution is -2.46. The number of benzene rings is 1. The van der Waals surface area contributed by atoms with Gasteiger partial charge in [-0.15, -0.1) is 0 Å². The van der Waals surface area contributed by atoms with Crippen LogP contribution in [0.1, 0.15) is 31.7 Å². The van der Waals surface area contributed by atoms with E-state index in [1.165, 1.54) is 4.90 Å². The number of carboxylic acid groups (broad SMARTS) is 2. The first-order valence-corrected chi connectivity index (χ1v) is 8.35. The molecule has 1 aliphatic rings. The molecular formula is C18H24N2O5. The van der Waals surface area contributed by atoms with Crippen molar-refractivity contribution >= 4 is 18.0 Å². The third-order valence-corrected chi connectivity index (χ3v) is 4.64. The molecule has 0 aliphatic carbocycles. The average Bonchev–Trinajstić information content (AvgIpc) is 2.97. The third-order valence-electron chi connectivity index (χ3n) is 4.64. The molecule has 2 rings (SSSR count). The summed E-state index contributed by atoms with van der Waals surface area (Å²) in [6.07, 6.45) is 1.22. The summed E-state index contributed by atoms with van der Waals surface area (Å²) in [5, 5.41) is 21.1. The molecular weight excluding hydrogens is 324 g/mol. The van der Waals surface area contributed by atoms with Gasteiger partial charge in [-0.1, -0.05) is 30.3 Å². The van der Waals surface area contributed by atoms with Crippen LogP contribution in [0.4, 0.5) is 4.79 Å². The number of carbonyl (C=O) groups is 3. The molecule has 0 saturated carbocycles. The number of urea groups is 1. The Bertz CT molecular complexity index is 634. The van der Waals surface area contributed by atoms with Crippen LogP contribution in [0.25, 0.3) is 0 Å². The zero-order valence-electron chi connectivity index (χ0n) is 14.3. The lowest BCUT2D eigenvalue weighted by Gasteiger charge is -2.24. The summed E-state index contributed by atoms with van der Waals surface area (Å²) < 4.78 is 0. The van der Waals surface area contributed by atoms with Crippen molar-refractivity contribution in [2.24, 2.45) is 5.41 Å². The molecule has 1 heterocycles. The fraction of sp³-hybridized carbons (Fsp3) is 0.500. The van der Waals surface area contributed by atoms with E-state index in [1.54, 1.807) is 6.92 Å². The number of carboxylic acids is 2. The molecule has 0 bridgehead atoms. The highest BCUT2D eigenvalue weighted by Crippen LogP contribution is 2.30. The molecule has 0 spiro atoms. The molecule has 7 heteroatoms. The second-order valence-electron chi connectivity index (χ2n) is 6.81. The van der Waals surface area contributed by atoms with Gasteiger partial charge in [-0.2, -0.15) is 0 Å². The SMILES string of the molecule is CC1(C(=O)O)CCN(C(=O)NC(CCC(=O)O)Cc2ccccc2)C1. The van der Waals surface area contributed by atoms with E-state index in [0.717, 1.165) is 5.56 Å². The molecule has 3 N–H and O–H groups in total. The van der Waals surface area contributed by atoms with Gasteiger partial charge in [0.15, 0.2) is 0 Å². The van der Waals surface area contributed by atoms with Gasteiger partial charge in [0.1, 0.15) is 0 Å². The van der Waals surface area contributed by atoms with Crippen LogP contribution in [-0.4, -0.2) is 52.2 Å². The maximum Gasteiger partial charge on any atom is 0.317 e. The Labute approximate surface area is 146 Å². The van der Waals surface area contributed by atoms with E-state index in [1.807, 2.05) is 30.3 Å². The van der Waals surface area contributed by atoms with E-state index in [9.17, 15) is 19.5 Å². The van der Waals surface area contributed by atoms with Crippen molar-refractivity contribution in [2.45, 2.75) is 38.6 Å². The van der Waals surface area contributed by atoms with E-state index < -0.39 is 17.4 Å². The summed E-state index contributed by atoms with van der Waals surface area (Å²) >= 11 is 0. The number of hydrogen-bond donors (Lipinski definition) is 3. The molecule has 25 heavy (non-hydrogen) atoms. The zero-order valence-corrected chi connectivity index (χ0v) is 14.3. The average molecular weight is 348 g/mol. The number of amides is 2. The maximum absolute atomic E-state index is 12.5. The minimum absolute atomic E-state index is 0.0371. The van der Waals surface area contributed by atoms with Crippen LogP contribution in [0.2, 0.25) is 0 Å². The first-order chi connectivity index (χ1) is 11.8. The molecule has 1 fully saturated rings. The van der Waals surface area contributed by atoms with Gasteiger partial charge in [0, 0.05) is 25.6 Å². The minimum Gasteiger partial charge on any atom is -0.481 e. The molecule has 0 aromatic heterocycles. The van der Waals surface area contributed by atoms with Crippen LogP contribution in [0, 0.1) is 5.41 Å². The fourth-order valence-electron chi connectivity index (χ4n) is 3.00. The van der Waals surface area contributed by atoms with Gasteiger partial charge in [-0.05, 0) is 31.7 Å². The Morgan fingerprint density at radius 3 is 2.48 bits per heavy atom. The van der Waals surface area contributed by atoms with Crippen LogP contribution in [0.5, 0.6) is 0 Å². The van der Waals surface area contributed by atoms with Crippen molar-refractivity contribution in [1.29, 1.82) is 0 Å². The molecule has 1 aliphatic heterocycles. The normalized spacial score (nSPS) is 20.9. The quantitative estimate of drug-likeness (QED) is 0.698. The molecule has 0 radical (unpaired) electrons. The van der Waals surface area contributed by atoms with Gasteiger partial charge in [-0.25, -0.2) is 4.79 Å². The van der Waals surface area contributed by atoms with Gasteiger partial charge in [-0.3, -0.25) is 9.59 Å². The highest BCUT2D eigenvalue weighted by Gasteiger charge is 2.42. The Hall–Kier alpha value is -2.57. The number of nitrogens with one attached hydrogen (secondary N) is 1. The first kappa shape index (κ1) is 18.8. The number of carbonyl (C=O) groups excluding carboxylic acids is 1. The van der Waals surface area contributed by atoms with Gasteiger partial charge in [0.2, 0.25) is 0 Å². The van der Waals surface area contributed by atoms with E-state index in [-0.39, 0.29) is 25.0 Å². The van der Waals surface area contributed by atoms with Crippen LogP contribution < -0.4 is 5.32 Å². The Morgan fingerprint density at radius 1 is 1.24 bits per heavy atom. The number of aliphatic carboxylic acids is 2. The van der Waals surface area contributed by atoms with Crippen molar-refractivity contribution in [3.8, 4) is 0 Å². The van der Waals surface area contributed by atoms with Crippen LogP contribution in [-0.2, 0) is 16.0 Å². The minimum atomic E-state index is -0.923. The van der Waals surface area contributed by atoms with Crippen LogP contribution >= 0.6 is 0 Å². The second kappa shape index (κ2) is 8.00. The van der Waals surface area contributed by atoms with Crippen molar-refractivity contribution in [3.05, 3.63) is 35.9 Å². The second-order valence-corrected chi connectivity index (χ2v) is 6.81. The smallest absolute Gasteiger partial charge is 0.317 e. The fourth-order valence-corrected chi connectivity index (χ4v) is 3.00. The van der Waals surface area contributed by atoms with Gasteiger partial charge >= 0.3 is 18.0 Å². The Kier molecular flexibility index (Phi) is 6.01. The van der Waals surface area contributed by atoms with Gasteiger partial charge in [0.25, 0.3) is 0 Å². The van der Waals surface area contributed by atoms with Crippen molar-refractivity contribution in [2.75, 3.05) is 13.1 Å². The zero-order chi connectivity index (χ0) is 18.4. The van der Waals surface area contributed by atoms with Crippen molar-refractivity contribution in [3.63, 3.8) is 0 Å². The number of hydrogen-bond acceptors (Lipinski definition) is 3. The highest BCUT2D eigenvalue weighted by molar-refractivity contribution is 5.79. The van der Waals surface area contributed by atoms with Gasteiger partial charge < -0.3 is 20.4 Å². The number of nitrogens with zero attached hydrogens (tertiary/aromatic N) is 1. The summed E-state index contributed by atoms with van der Waals surface area (Å²) in [6, 6.07) is 8.88. The molecule has 2 atom stereocenters. The standard InChI is InChI=1S/C18H24N2O5/c1-18(16(23)24)9-10-20(12-18)17(25)19-14(7-8-15(21)22)11-13-5-3-2-4-6-13/h2-6,14H,7-12H2,1H3,(H,19,25)(H,21,22)(H,23,24). The molecule has 2 unspecified atom stereocenters. The predicted octanol–water partition coefficient (Wildman–Crippen LogP) is 1.97. The Morgan fingerprint density at radius 2 is 1.92 bits per heavy atom. The lowest BCUT2D eigenvalue weighted by molar-refractivity contribution is -0.147. The molecule has 1 saturated heterocycles. The molecule has 1 aromatic carbocycles. The number of likely N-dealkylation sites (tertiary alicyclic amines) is 1. The van der Waals surface area contributed by atoms with E-state index in [4.69, 9.17) is 5.11 Å². The third kappa shape index (κ3) is 5.20. The highest BCUT2D eigenvalue weighted by atomic mass is 16.4. The summed E-state index contributed by atoms with van der Waals surface area (Å²) in [6.45, 7) is 2.17. The summed E-state index contributed by atoms with van der Waals surface area (Å²) in [4.78, 5) is 36.1. The molecule has 1 aromatic rings. The Balaban J connectivity index is 1.99. The molecule has 7 nitrogen and oxygen atoms in total. The van der Waals surface area contributed by atoms with Crippen LogP contribution in [0.15, 0.2) is 30.3 Å². The lowest BCUT2D eigenvalue weighted by atomic mass is 9.90. The van der Waals surface area contributed by atoms with E-state index in [2.05, 4.69) is 5.32 Å². The van der Waals surface area contributed by atoms with Crippen molar-refractivity contribution in [1.82, 2.24) is 10.2 Å². The monoisotopic (exact) mass is 348 g/mol. The van der Waals surface area contributed by atoms with E-state index >= 15 is 0 Å². The molecule has 136 valence electrons. The molecule has 2 amide bonds. The topological polar surface area (TPSA) is 107 Å². The summed E-state index contributed by atoms with van der Waals surface area (Å²) in [7, 11) is 0. The summed E-state index contributed by atoms with van der Waals surface area (Å²) in [5.41, 5.74) is 0.0860. The van der Waals surface area contributed by atoms with Gasteiger partial charge in [0.05, 0.1) is 5.41 Å². The maximum atomic E-state index is 12.5. The summed E-state index contributed by atoms with van der Waals surface area (Å²) in [5.74, 6) is -1.82. The van der Waals surface area contributed by atoms with E-state index in [0.29, 0.717) is 25.8 Å². The van der Waals surface area contributed by atoms with Crippen LogP contribution in [0.3, 0.4) is 0 Å². The van der Waals surface area contributed by atoms with Crippen molar-refractivity contribution < 1.29 is 24.6 Å². The largest absolute Gasteiger partial charge is 0.481 e.